The monoisotopic (exact) mass is 278 g/mol. The molecule has 1 unspecified atom stereocenters. The molecule has 0 aliphatic carbocycles. The highest BCUT2D eigenvalue weighted by Gasteiger charge is 2.13. The van der Waals surface area contributed by atoms with Gasteiger partial charge in [-0.05, 0) is 54.3 Å². The van der Waals surface area contributed by atoms with Crippen LogP contribution in [0.25, 0.3) is 0 Å². The normalized spacial score (nSPS) is 12.4. The van der Waals surface area contributed by atoms with E-state index in [0.29, 0.717) is 11.4 Å². The summed E-state index contributed by atoms with van der Waals surface area (Å²) in [5.41, 5.74) is 5.81. The summed E-state index contributed by atoms with van der Waals surface area (Å²) in [4.78, 5) is 0. The van der Waals surface area contributed by atoms with Crippen LogP contribution in [0, 0.1) is 12.7 Å². The lowest BCUT2D eigenvalue weighted by molar-refractivity contribution is 0.546. The molecule has 0 fully saturated rings. The van der Waals surface area contributed by atoms with Crippen molar-refractivity contribution in [1.82, 2.24) is 5.43 Å². The third-order valence-electron chi connectivity index (χ3n) is 3.14. The second kappa shape index (κ2) is 6.15. The van der Waals surface area contributed by atoms with Crippen molar-refractivity contribution in [1.29, 1.82) is 0 Å². The third-order valence-corrected chi connectivity index (χ3v) is 3.37. The Hall–Kier alpha value is -1.42. The number of nitrogens with two attached hydrogens (primary N) is 1. The molecular formula is C15H16ClFN2. The van der Waals surface area contributed by atoms with Crippen LogP contribution in [-0.2, 0) is 6.42 Å². The Labute approximate surface area is 117 Å². The Morgan fingerprint density at radius 1 is 1.26 bits per heavy atom. The summed E-state index contributed by atoms with van der Waals surface area (Å²) in [6, 6.07) is 12.1. The molecule has 0 radical (unpaired) electrons. The van der Waals surface area contributed by atoms with E-state index < -0.39 is 0 Å². The summed E-state index contributed by atoms with van der Waals surface area (Å²) in [5, 5.41) is 0.697. The van der Waals surface area contributed by atoms with Gasteiger partial charge in [0.2, 0.25) is 0 Å². The van der Waals surface area contributed by atoms with E-state index in [4.69, 9.17) is 17.4 Å². The molecule has 19 heavy (non-hydrogen) atoms. The fourth-order valence-corrected chi connectivity index (χ4v) is 2.42. The van der Waals surface area contributed by atoms with E-state index in [1.54, 1.807) is 6.07 Å². The van der Waals surface area contributed by atoms with E-state index in [2.05, 4.69) is 5.43 Å². The van der Waals surface area contributed by atoms with Crippen molar-refractivity contribution in [3.63, 3.8) is 0 Å². The largest absolute Gasteiger partial charge is 0.271 e. The van der Waals surface area contributed by atoms with Gasteiger partial charge >= 0.3 is 0 Å². The maximum Gasteiger partial charge on any atom is 0.123 e. The van der Waals surface area contributed by atoms with Crippen molar-refractivity contribution in [2.45, 2.75) is 19.4 Å². The molecular weight excluding hydrogens is 263 g/mol. The van der Waals surface area contributed by atoms with Crippen LogP contribution in [0.1, 0.15) is 22.7 Å². The van der Waals surface area contributed by atoms with E-state index in [1.165, 1.54) is 12.1 Å². The topological polar surface area (TPSA) is 38.0 Å². The molecule has 2 aromatic carbocycles. The maximum atomic E-state index is 13.2. The van der Waals surface area contributed by atoms with E-state index in [-0.39, 0.29) is 11.9 Å². The zero-order chi connectivity index (χ0) is 13.8. The average molecular weight is 279 g/mol. The second-order valence-electron chi connectivity index (χ2n) is 4.55. The summed E-state index contributed by atoms with van der Waals surface area (Å²) in [7, 11) is 0. The fraction of sp³-hybridized carbons (Fsp3) is 0.200. The van der Waals surface area contributed by atoms with Gasteiger partial charge in [-0.25, -0.2) is 4.39 Å². The lowest BCUT2D eigenvalue weighted by atomic mass is 9.96. The van der Waals surface area contributed by atoms with Gasteiger partial charge in [0.05, 0.1) is 6.04 Å². The van der Waals surface area contributed by atoms with Gasteiger partial charge in [-0.3, -0.25) is 11.3 Å². The van der Waals surface area contributed by atoms with Crippen LogP contribution < -0.4 is 11.3 Å². The van der Waals surface area contributed by atoms with E-state index >= 15 is 0 Å². The van der Waals surface area contributed by atoms with Crippen LogP contribution in [0.4, 0.5) is 4.39 Å². The minimum absolute atomic E-state index is 0.0703. The van der Waals surface area contributed by atoms with Gasteiger partial charge in [0, 0.05) is 5.02 Å². The van der Waals surface area contributed by atoms with E-state index in [1.807, 2.05) is 31.2 Å². The molecule has 0 spiro atoms. The number of hydrogen-bond acceptors (Lipinski definition) is 2. The first-order valence-corrected chi connectivity index (χ1v) is 6.44. The van der Waals surface area contributed by atoms with Gasteiger partial charge < -0.3 is 0 Å². The summed E-state index contributed by atoms with van der Waals surface area (Å²) in [6.07, 6.45) is 0.622. The standard InChI is InChI=1S/C15H16ClFN2/c1-10-7-12(16)5-6-14(10)15(19-18)9-11-3-2-4-13(17)8-11/h2-8,15,19H,9,18H2,1H3. The van der Waals surface area contributed by atoms with Crippen LogP contribution >= 0.6 is 11.6 Å². The Morgan fingerprint density at radius 3 is 2.68 bits per heavy atom. The first-order valence-electron chi connectivity index (χ1n) is 6.07. The van der Waals surface area contributed by atoms with Crippen molar-refractivity contribution >= 4 is 11.6 Å². The van der Waals surface area contributed by atoms with Crippen LogP contribution in [0.5, 0.6) is 0 Å². The Balaban J connectivity index is 2.25. The molecule has 1 atom stereocenters. The lowest BCUT2D eigenvalue weighted by Crippen LogP contribution is -2.30. The highest BCUT2D eigenvalue weighted by molar-refractivity contribution is 6.30. The molecule has 0 amide bonds. The summed E-state index contributed by atoms with van der Waals surface area (Å²) in [5.74, 6) is 5.39. The molecule has 0 saturated carbocycles. The molecule has 2 aromatic rings. The molecule has 0 aromatic heterocycles. The first kappa shape index (κ1) is 14.0. The molecule has 2 rings (SSSR count). The Kier molecular flexibility index (Phi) is 4.53. The maximum absolute atomic E-state index is 13.2. The van der Waals surface area contributed by atoms with Crippen molar-refractivity contribution in [3.8, 4) is 0 Å². The summed E-state index contributed by atoms with van der Waals surface area (Å²) < 4.78 is 13.2. The number of hydrazine groups is 1. The second-order valence-corrected chi connectivity index (χ2v) is 4.99. The van der Waals surface area contributed by atoms with Crippen LogP contribution in [0.3, 0.4) is 0 Å². The quantitative estimate of drug-likeness (QED) is 0.663. The van der Waals surface area contributed by atoms with Gasteiger partial charge in [0.25, 0.3) is 0 Å². The van der Waals surface area contributed by atoms with Crippen molar-refractivity contribution in [2.24, 2.45) is 5.84 Å². The third kappa shape index (κ3) is 3.53. The molecule has 0 heterocycles. The average Bonchev–Trinajstić information content (AvgIpc) is 2.37. The minimum atomic E-state index is -0.235. The lowest BCUT2D eigenvalue weighted by Gasteiger charge is -2.19. The first-order chi connectivity index (χ1) is 9.10. The van der Waals surface area contributed by atoms with Crippen molar-refractivity contribution in [2.75, 3.05) is 0 Å². The van der Waals surface area contributed by atoms with Gasteiger partial charge in [0.1, 0.15) is 5.82 Å². The number of halogens is 2. The van der Waals surface area contributed by atoms with Gasteiger partial charge in [0.15, 0.2) is 0 Å². The smallest absolute Gasteiger partial charge is 0.123 e. The fourth-order valence-electron chi connectivity index (χ4n) is 2.19. The van der Waals surface area contributed by atoms with E-state index in [9.17, 15) is 4.39 Å². The molecule has 0 aliphatic rings. The molecule has 0 bridgehead atoms. The minimum Gasteiger partial charge on any atom is -0.271 e. The zero-order valence-corrected chi connectivity index (χ0v) is 11.4. The highest BCUT2D eigenvalue weighted by Crippen LogP contribution is 2.24. The van der Waals surface area contributed by atoms with E-state index in [0.717, 1.165) is 16.7 Å². The van der Waals surface area contributed by atoms with Crippen molar-refractivity contribution < 1.29 is 4.39 Å². The number of hydrogen-bond donors (Lipinski definition) is 2. The van der Waals surface area contributed by atoms with Gasteiger partial charge in [-0.1, -0.05) is 29.8 Å². The van der Waals surface area contributed by atoms with Crippen molar-refractivity contribution in [3.05, 3.63) is 70.0 Å². The predicted octanol–water partition coefficient (Wildman–Crippen LogP) is 3.53. The Bertz CT molecular complexity index is 572. The van der Waals surface area contributed by atoms with Crippen LogP contribution in [0.2, 0.25) is 5.02 Å². The molecule has 3 N–H and O–H groups in total. The SMILES string of the molecule is Cc1cc(Cl)ccc1C(Cc1cccc(F)c1)NN. The van der Waals surface area contributed by atoms with Crippen LogP contribution in [0.15, 0.2) is 42.5 Å². The Morgan fingerprint density at radius 2 is 2.05 bits per heavy atom. The molecule has 100 valence electrons. The zero-order valence-electron chi connectivity index (χ0n) is 10.7. The van der Waals surface area contributed by atoms with Crippen LogP contribution in [-0.4, -0.2) is 0 Å². The number of rotatable bonds is 4. The summed E-state index contributed by atoms with van der Waals surface area (Å²) in [6.45, 7) is 1.98. The summed E-state index contributed by atoms with van der Waals surface area (Å²) >= 11 is 5.94. The molecule has 0 saturated heterocycles. The molecule has 4 heteroatoms. The molecule has 2 nitrogen and oxygen atoms in total. The highest BCUT2D eigenvalue weighted by atomic mass is 35.5. The number of aryl methyl sites for hydroxylation is 1. The number of benzene rings is 2. The number of nitrogens with one attached hydrogen (secondary N) is 1. The molecule has 0 aliphatic heterocycles. The van der Waals surface area contributed by atoms with Gasteiger partial charge in [-0.15, -0.1) is 0 Å². The van der Waals surface area contributed by atoms with Gasteiger partial charge in [-0.2, -0.15) is 0 Å². The predicted molar refractivity (Wildman–Crippen MR) is 76.4 cm³/mol.